The van der Waals surface area contributed by atoms with Gasteiger partial charge in [0.1, 0.15) is 28.8 Å². The number of aliphatic hydroxyl groups excluding tert-OH is 1. The van der Waals surface area contributed by atoms with Crippen molar-refractivity contribution < 1.29 is 5.11 Å². The molecule has 17 heavy (non-hydrogen) atoms. The molecule has 1 atom stereocenters. The van der Waals surface area contributed by atoms with Gasteiger partial charge in [0.15, 0.2) is 0 Å². The van der Waals surface area contributed by atoms with Crippen LogP contribution in [0, 0.1) is 17.2 Å². The predicted molar refractivity (Wildman–Crippen MR) is 63.6 cm³/mol. The molecule has 2 aliphatic rings. The van der Waals surface area contributed by atoms with Crippen molar-refractivity contribution in [3.05, 3.63) is 11.4 Å². The summed E-state index contributed by atoms with van der Waals surface area (Å²) in [6, 6.07) is 1.97. The van der Waals surface area contributed by atoms with Crippen molar-refractivity contribution in [2.75, 3.05) is 13.2 Å². The monoisotopic (exact) mass is 255 g/mol. The molecule has 0 aromatic rings. The maximum absolute atomic E-state index is 9.03. The molecule has 6 nitrogen and oxygen atoms in total. The largest absolute Gasteiger partial charge is 0.395 e. The summed E-state index contributed by atoms with van der Waals surface area (Å²) in [5.74, 6) is 6.79. The van der Waals surface area contributed by atoms with Crippen LogP contribution in [0.2, 0.25) is 0 Å². The number of rotatable bonds is 4. The number of hydrogen-bond donors (Lipinski definition) is 3. The summed E-state index contributed by atoms with van der Waals surface area (Å²) in [7, 11) is 0. The van der Waals surface area contributed by atoms with Gasteiger partial charge >= 0.3 is 0 Å². The fraction of sp³-hybridized carbons (Fsp3) is 0.600. The maximum Gasteiger partial charge on any atom is 0.147 e. The highest BCUT2D eigenvalue weighted by Crippen LogP contribution is 2.38. The van der Waals surface area contributed by atoms with Crippen LogP contribution in [-0.4, -0.2) is 34.6 Å². The zero-order valence-corrected chi connectivity index (χ0v) is 9.98. The van der Waals surface area contributed by atoms with Crippen molar-refractivity contribution in [3.8, 4) is 6.07 Å². The van der Waals surface area contributed by atoms with E-state index in [4.69, 9.17) is 27.8 Å². The zero-order chi connectivity index (χ0) is 12.4. The zero-order valence-electron chi connectivity index (χ0n) is 9.23. The lowest BCUT2D eigenvalue weighted by molar-refractivity contribution is 0.212. The molecule has 1 aliphatic carbocycles. The average molecular weight is 256 g/mol. The van der Waals surface area contributed by atoms with E-state index in [1.165, 1.54) is 5.01 Å². The molecular formula is C10H14ClN5O. The van der Waals surface area contributed by atoms with E-state index in [1.54, 1.807) is 0 Å². The van der Waals surface area contributed by atoms with Gasteiger partial charge in [0.25, 0.3) is 0 Å². The highest BCUT2D eigenvalue weighted by Gasteiger charge is 2.39. The molecule has 1 saturated carbocycles. The molecule has 0 aromatic carbocycles. The molecule has 0 saturated heterocycles. The van der Waals surface area contributed by atoms with Gasteiger partial charge in [0, 0.05) is 12.5 Å². The molecular weight excluding hydrogens is 242 g/mol. The van der Waals surface area contributed by atoms with Crippen molar-refractivity contribution in [2.24, 2.45) is 16.8 Å². The normalized spacial score (nSPS) is 24.5. The Bertz CT molecular complexity index is 409. The summed E-state index contributed by atoms with van der Waals surface area (Å²) in [4.78, 5) is 4.24. The van der Waals surface area contributed by atoms with E-state index in [1.807, 2.05) is 6.07 Å². The SMILES string of the molecule is N#CC1=C(NCCO)N(N)C(C2CC2)N=C1Cl. The number of nitriles is 1. The molecule has 1 aliphatic heterocycles. The molecule has 4 N–H and O–H groups in total. The van der Waals surface area contributed by atoms with Crippen LogP contribution in [-0.2, 0) is 0 Å². The molecule has 92 valence electrons. The summed E-state index contributed by atoms with van der Waals surface area (Å²) >= 11 is 5.97. The van der Waals surface area contributed by atoms with Gasteiger partial charge < -0.3 is 10.4 Å². The van der Waals surface area contributed by atoms with Gasteiger partial charge in [0.2, 0.25) is 0 Å². The standard InChI is InChI=1S/C10H14ClN5O/c11-8-7(5-12)10(14-3-4-17)16(13)9(15-8)6-1-2-6/h6,9,14,17H,1-4,13H2. The summed E-state index contributed by atoms with van der Waals surface area (Å²) in [5.41, 5.74) is 0.222. The Labute approximate surface area is 104 Å². The number of hydrazine groups is 1. The van der Waals surface area contributed by atoms with Crippen molar-refractivity contribution in [1.29, 1.82) is 5.26 Å². The summed E-state index contributed by atoms with van der Waals surface area (Å²) < 4.78 is 0. The predicted octanol–water partition coefficient (Wildman–Crippen LogP) is -0.134. The Morgan fingerprint density at radius 1 is 1.65 bits per heavy atom. The maximum atomic E-state index is 9.03. The number of aliphatic imine (C=N–C) groups is 1. The molecule has 0 bridgehead atoms. The van der Waals surface area contributed by atoms with Crippen LogP contribution >= 0.6 is 11.6 Å². The van der Waals surface area contributed by atoms with E-state index in [9.17, 15) is 0 Å². The van der Waals surface area contributed by atoms with Crippen LogP contribution < -0.4 is 11.2 Å². The van der Waals surface area contributed by atoms with Crippen LogP contribution in [0.3, 0.4) is 0 Å². The fourth-order valence-electron chi connectivity index (χ4n) is 1.78. The number of hydrogen-bond acceptors (Lipinski definition) is 6. The second-order valence-electron chi connectivity index (χ2n) is 4.06. The molecule has 7 heteroatoms. The lowest BCUT2D eigenvalue weighted by atomic mass is 10.2. The Hall–Kier alpha value is -1.29. The van der Waals surface area contributed by atoms with Crippen LogP contribution in [0.5, 0.6) is 0 Å². The van der Waals surface area contributed by atoms with Crippen LogP contribution in [0.1, 0.15) is 12.8 Å². The molecule has 0 amide bonds. The first-order valence-electron chi connectivity index (χ1n) is 5.45. The van der Waals surface area contributed by atoms with Crippen LogP contribution in [0.25, 0.3) is 0 Å². The molecule has 1 heterocycles. The van der Waals surface area contributed by atoms with Gasteiger partial charge in [-0.2, -0.15) is 5.26 Å². The third-order valence-corrected chi connectivity index (χ3v) is 3.08. The minimum absolute atomic E-state index is 0.0428. The highest BCUT2D eigenvalue weighted by atomic mass is 35.5. The van der Waals surface area contributed by atoms with E-state index in [0.29, 0.717) is 18.3 Å². The first-order chi connectivity index (χ1) is 8.19. The first-order valence-corrected chi connectivity index (χ1v) is 5.83. The van der Waals surface area contributed by atoms with Crippen molar-refractivity contribution in [2.45, 2.75) is 19.0 Å². The minimum Gasteiger partial charge on any atom is -0.395 e. The topological polar surface area (TPSA) is 97.7 Å². The lowest BCUT2D eigenvalue weighted by Gasteiger charge is -2.32. The van der Waals surface area contributed by atoms with E-state index in [0.717, 1.165) is 12.8 Å². The molecule has 0 aromatic heterocycles. The quantitative estimate of drug-likeness (QED) is 0.608. The van der Waals surface area contributed by atoms with Gasteiger partial charge in [-0.1, -0.05) is 11.6 Å². The smallest absolute Gasteiger partial charge is 0.147 e. The van der Waals surface area contributed by atoms with Gasteiger partial charge in [-0.15, -0.1) is 0 Å². The van der Waals surface area contributed by atoms with Crippen molar-refractivity contribution in [1.82, 2.24) is 10.3 Å². The number of nitrogens with one attached hydrogen (secondary N) is 1. The summed E-state index contributed by atoms with van der Waals surface area (Å²) in [6.07, 6.45) is 1.93. The van der Waals surface area contributed by atoms with Crippen LogP contribution in [0.15, 0.2) is 16.4 Å². The molecule has 2 rings (SSSR count). The Kier molecular flexibility index (Phi) is 3.52. The van der Waals surface area contributed by atoms with Gasteiger partial charge in [-0.3, -0.25) is 5.01 Å². The number of allylic oxidation sites excluding steroid dienone is 1. The third kappa shape index (κ3) is 2.36. The number of halogens is 1. The Balaban J connectivity index is 2.26. The van der Waals surface area contributed by atoms with Gasteiger partial charge in [0.05, 0.1) is 6.61 Å². The minimum atomic E-state index is -0.208. The number of aliphatic hydroxyl groups is 1. The molecule has 1 unspecified atom stereocenters. The van der Waals surface area contributed by atoms with E-state index in [2.05, 4.69) is 10.3 Å². The average Bonchev–Trinajstić information content (AvgIpc) is 3.13. The lowest BCUT2D eigenvalue weighted by Crippen LogP contribution is -2.49. The molecule has 1 fully saturated rings. The number of nitrogens with zero attached hydrogens (tertiary/aromatic N) is 3. The second kappa shape index (κ2) is 4.92. The van der Waals surface area contributed by atoms with E-state index >= 15 is 0 Å². The highest BCUT2D eigenvalue weighted by molar-refractivity contribution is 6.70. The Morgan fingerprint density at radius 3 is 2.88 bits per heavy atom. The third-order valence-electron chi connectivity index (χ3n) is 2.79. The first kappa shape index (κ1) is 12.2. The van der Waals surface area contributed by atoms with E-state index in [-0.39, 0.29) is 23.5 Å². The summed E-state index contributed by atoms with van der Waals surface area (Å²) in [6.45, 7) is 0.272. The van der Waals surface area contributed by atoms with Gasteiger partial charge in [-0.05, 0) is 12.8 Å². The van der Waals surface area contributed by atoms with Crippen molar-refractivity contribution in [3.63, 3.8) is 0 Å². The molecule has 0 spiro atoms. The fourth-order valence-corrected chi connectivity index (χ4v) is 2.01. The van der Waals surface area contributed by atoms with E-state index < -0.39 is 0 Å². The van der Waals surface area contributed by atoms with Crippen LogP contribution in [0.4, 0.5) is 0 Å². The Morgan fingerprint density at radius 2 is 2.35 bits per heavy atom. The number of nitrogens with two attached hydrogens (primary N) is 1. The molecule has 0 radical (unpaired) electrons. The van der Waals surface area contributed by atoms with Gasteiger partial charge in [-0.25, -0.2) is 10.8 Å². The second-order valence-corrected chi connectivity index (χ2v) is 4.42. The van der Waals surface area contributed by atoms with Crippen molar-refractivity contribution >= 4 is 16.8 Å². The summed E-state index contributed by atoms with van der Waals surface area (Å²) in [5, 5.41) is 22.4.